The van der Waals surface area contributed by atoms with E-state index in [-0.39, 0.29) is 11.9 Å². The summed E-state index contributed by atoms with van der Waals surface area (Å²) in [6.45, 7) is 3.26. The number of aromatic nitrogens is 1. The summed E-state index contributed by atoms with van der Waals surface area (Å²) in [5.74, 6) is 0.313. The van der Waals surface area contributed by atoms with Gasteiger partial charge in [-0.05, 0) is 44.4 Å². The molecular weight excluding hydrogens is 264 g/mol. The fourth-order valence-corrected chi connectivity index (χ4v) is 3.14. The summed E-state index contributed by atoms with van der Waals surface area (Å²) in [7, 11) is 0. The third-order valence-corrected chi connectivity index (χ3v) is 4.29. The molecule has 5 heteroatoms. The van der Waals surface area contributed by atoms with Crippen LogP contribution in [0.15, 0.2) is 18.3 Å². The summed E-state index contributed by atoms with van der Waals surface area (Å²) in [6.07, 6.45) is 5.89. The average molecular weight is 286 g/mol. The van der Waals surface area contributed by atoms with Gasteiger partial charge in [0.1, 0.15) is 11.8 Å². The van der Waals surface area contributed by atoms with Crippen LogP contribution in [-0.4, -0.2) is 34.9 Å². The first kappa shape index (κ1) is 15.5. The highest BCUT2D eigenvalue weighted by molar-refractivity contribution is 5.92. The third-order valence-electron chi connectivity index (χ3n) is 4.29. The molecule has 1 heterocycles. The molecule has 0 spiro atoms. The summed E-state index contributed by atoms with van der Waals surface area (Å²) in [5, 5.41) is 8.79. The molecule has 1 fully saturated rings. The van der Waals surface area contributed by atoms with Crippen LogP contribution in [0.1, 0.15) is 48.7 Å². The molecule has 2 N–H and O–H groups in total. The van der Waals surface area contributed by atoms with E-state index in [2.05, 4.69) is 4.98 Å². The van der Waals surface area contributed by atoms with Crippen LogP contribution in [0, 0.1) is 17.2 Å². The fraction of sp³-hybridized carbons (Fsp3) is 0.562. The molecule has 5 nitrogen and oxygen atoms in total. The van der Waals surface area contributed by atoms with Crippen LogP contribution in [0.5, 0.6) is 0 Å². The Kier molecular flexibility index (Phi) is 5.29. The van der Waals surface area contributed by atoms with Gasteiger partial charge in [-0.3, -0.25) is 4.79 Å². The van der Waals surface area contributed by atoms with E-state index < -0.39 is 0 Å². The Morgan fingerprint density at radius 3 is 2.81 bits per heavy atom. The Morgan fingerprint density at radius 2 is 2.24 bits per heavy atom. The van der Waals surface area contributed by atoms with Crippen LogP contribution in [0.25, 0.3) is 0 Å². The first-order valence-corrected chi connectivity index (χ1v) is 7.58. The third kappa shape index (κ3) is 3.40. The SMILES string of the molecule is CCN(C(=O)c1ccc(C#N)cn1)C1CCCCC1CN. The topological polar surface area (TPSA) is 83.0 Å². The van der Waals surface area contributed by atoms with E-state index >= 15 is 0 Å². The highest BCUT2D eigenvalue weighted by atomic mass is 16.2. The Morgan fingerprint density at radius 1 is 1.48 bits per heavy atom. The van der Waals surface area contributed by atoms with Gasteiger partial charge >= 0.3 is 0 Å². The van der Waals surface area contributed by atoms with Gasteiger partial charge < -0.3 is 10.6 Å². The van der Waals surface area contributed by atoms with Crippen LogP contribution in [0.3, 0.4) is 0 Å². The molecule has 1 aliphatic rings. The Hall–Kier alpha value is -1.93. The molecule has 1 saturated carbocycles. The molecule has 1 aliphatic carbocycles. The zero-order chi connectivity index (χ0) is 15.2. The van der Waals surface area contributed by atoms with Crippen molar-refractivity contribution in [1.82, 2.24) is 9.88 Å². The lowest BCUT2D eigenvalue weighted by molar-refractivity contribution is 0.0554. The Labute approximate surface area is 125 Å². The van der Waals surface area contributed by atoms with Gasteiger partial charge in [0.2, 0.25) is 0 Å². The highest BCUT2D eigenvalue weighted by Crippen LogP contribution is 2.28. The van der Waals surface area contributed by atoms with Gasteiger partial charge in [0.15, 0.2) is 0 Å². The minimum Gasteiger partial charge on any atom is -0.334 e. The molecule has 2 rings (SSSR count). The van der Waals surface area contributed by atoms with Gasteiger partial charge in [0.05, 0.1) is 5.56 Å². The first-order chi connectivity index (χ1) is 10.2. The molecule has 0 radical (unpaired) electrons. The van der Waals surface area contributed by atoms with Crippen molar-refractivity contribution >= 4 is 5.91 Å². The molecule has 2 atom stereocenters. The second-order valence-corrected chi connectivity index (χ2v) is 5.48. The Bertz CT molecular complexity index is 520. The Balaban J connectivity index is 2.18. The van der Waals surface area contributed by atoms with Crippen molar-refractivity contribution in [1.29, 1.82) is 5.26 Å². The van der Waals surface area contributed by atoms with Crippen molar-refractivity contribution in [2.24, 2.45) is 11.7 Å². The summed E-state index contributed by atoms with van der Waals surface area (Å²) < 4.78 is 0. The second kappa shape index (κ2) is 7.19. The predicted molar refractivity (Wildman–Crippen MR) is 80.5 cm³/mol. The minimum absolute atomic E-state index is 0.0626. The van der Waals surface area contributed by atoms with E-state index in [1.54, 1.807) is 12.1 Å². The molecule has 0 aromatic carbocycles. The fourth-order valence-electron chi connectivity index (χ4n) is 3.14. The van der Waals surface area contributed by atoms with Crippen LogP contribution < -0.4 is 5.73 Å². The van der Waals surface area contributed by atoms with E-state index in [9.17, 15) is 4.79 Å². The number of nitrogens with zero attached hydrogens (tertiary/aromatic N) is 3. The zero-order valence-electron chi connectivity index (χ0n) is 12.5. The van der Waals surface area contributed by atoms with Gasteiger partial charge in [-0.15, -0.1) is 0 Å². The van der Waals surface area contributed by atoms with Gasteiger partial charge in [0, 0.05) is 18.8 Å². The lowest BCUT2D eigenvalue weighted by Gasteiger charge is -2.39. The molecule has 21 heavy (non-hydrogen) atoms. The summed E-state index contributed by atoms with van der Waals surface area (Å²) >= 11 is 0. The van der Waals surface area contributed by atoms with E-state index in [0.29, 0.717) is 30.3 Å². The molecular formula is C16H22N4O. The molecule has 112 valence electrons. The van der Waals surface area contributed by atoms with Gasteiger partial charge in [-0.2, -0.15) is 5.26 Å². The van der Waals surface area contributed by atoms with Crippen molar-refractivity contribution in [3.63, 3.8) is 0 Å². The number of pyridine rings is 1. The van der Waals surface area contributed by atoms with Crippen LogP contribution >= 0.6 is 0 Å². The standard InChI is InChI=1S/C16H22N4O/c1-2-20(15-6-4-3-5-13(15)10-18)16(21)14-8-7-12(9-17)11-19-14/h7-8,11,13,15H,2-6,10,18H2,1H3. The maximum absolute atomic E-state index is 12.7. The van der Waals surface area contributed by atoms with Crippen molar-refractivity contribution in [2.45, 2.75) is 38.6 Å². The molecule has 0 aliphatic heterocycles. The van der Waals surface area contributed by atoms with Gasteiger partial charge in [-0.25, -0.2) is 4.98 Å². The molecule has 0 bridgehead atoms. The smallest absolute Gasteiger partial charge is 0.272 e. The van der Waals surface area contributed by atoms with Crippen LogP contribution in [0.4, 0.5) is 0 Å². The maximum atomic E-state index is 12.7. The number of rotatable bonds is 4. The largest absolute Gasteiger partial charge is 0.334 e. The second-order valence-electron chi connectivity index (χ2n) is 5.48. The molecule has 1 aromatic rings. The van der Waals surface area contributed by atoms with Crippen molar-refractivity contribution in [3.8, 4) is 6.07 Å². The van der Waals surface area contributed by atoms with E-state index in [4.69, 9.17) is 11.0 Å². The minimum atomic E-state index is -0.0626. The number of nitrogens with two attached hydrogens (primary N) is 1. The van der Waals surface area contributed by atoms with Crippen molar-refractivity contribution in [2.75, 3.05) is 13.1 Å². The normalized spacial score (nSPS) is 21.6. The molecule has 1 amide bonds. The lowest BCUT2D eigenvalue weighted by Crippen LogP contribution is -2.48. The summed E-state index contributed by atoms with van der Waals surface area (Å²) in [6, 6.07) is 5.48. The van der Waals surface area contributed by atoms with Crippen LogP contribution in [-0.2, 0) is 0 Å². The molecule has 0 saturated heterocycles. The van der Waals surface area contributed by atoms with Crippen molar-refractivity contribution in [3.05, 3.63) is 29.6 Å². The van der Waals surface area contributed by atoms with E-state index in [1.165, 1.54) is 12.6 Å². The average Bonchev–Trinajstić information content (AvgIpc) is 2.56. The first-order valence-electron chi connectivity index (χ1n) is 7.58. The predicted octanol–water partition coefficient (Wildman–Crippen LogP) is 1.93. The number of carbonyl (C=O) groups is 1. The van der Waals surface area contributed by atoms with Gasteiger partial charge in [-0.1, -0.05) is 12.8 Å². The molecule has 2 unspecified atom stereocenters. The monoisotopic (exact) mass is 286 g/mol. The van der Waals surface area contributed by atoms with Crippen molar-refractivity contribution < 1.29 is 4.79 Å². The van der Waals surface area contributed by atoms with Gasteiger partial charge in [0.25, 0.3) is 5.91 Å². The quantitative estimate of drug-likeness (QED) is 0.916. The number of nitriles is 1. The summed E-state index contributed by atoms with van der Waals surface area (Å²) in [4.78, 5) is 18.7. The zero-order valence-corrected chi connectivity index (χ0v) is 12.5. The van der Waals surface area contributed by atoms with E-state index in [0.717, 1.165) is 19.3 Å². The number of hydrogen-bond donors (Lipinski definition) is 1. The van der Waals surface area contributed by atoms with E-state index in [1.807, 2.05) is 17.9 Å². The molecule has 1 aromatic heterocycles. The number of hydrogen-bond acceptors (Lipinski definition) is 4. The maximum Gasteiger partial charge on any atom is 0.272 e. The van der Waals surface area contributed by atoms with Crippen LogP contribution in [0.2, 0.25) is 0 Å². The lowest BCUT2D eigenvalue weighted by atomic mass is 9.83. The summed E-state index contributed by atoms with van der Waals surface area (Å²) in [5.41, 5.74) is 6.74. The number of carbonyl (C=O) groups excluding carboxylic acids is 1. The highest BCUT2D eigenvalue weighted by Gasteiger charge is 2.32. The number of amides is 1.